The third-order valence-corrected chi connectivity index (χ3v) is 11.3. The summed E-state index contributed by atoms with van der Waals surface area (Å²) in [4.78, 5) is 24.4. The molecular weight excluding hydrogens is 454 g/mol. The Hall–Kier alpha value is -2.72. The van der Waals surface area contributed by atoms with Gasteiger partial charge in [0.15, 0.2) is 24.5 Å². The van der Waals surface area contributed by atoms with E-state index < -0.39 is 59.4 Å². The highest BCUT2D eigenvalue weighted by Crippen LogP contribution is 2.54. The van der Waals surface area contributed by atoms with Gasteiger partial charge in [-0.05, 0) is 31.5 Å². The van der Waals surface area contributed by atoms with Gasteiger partial charge in [0.1, 0.15) is 17.4 Å². The summed E-state index contributed by atoms with van der Waals surface area (Å²) in [7, 11) is -8.31. The lowest BCUT2D eigenvalue weighted by atomic mass is 9.93. The molecule has 2 atom stereocenters. The van der Waals surface area contributed by atoms with Crippen molar-refractivity contribution in [3.8, 4) is 0 Å². The number of nitrogens with zero attached hydrogens (tertiary/aromatic N) is 1. The number of esters is 1. The van der Waals surface area contributed by atoms with Crippen LogP contribution in [0, 0.1) is 0 Å². The van der Waals surface area contributed by atoms with E-state index in [9.17, 15) is 26.4 Å². The molecule has 0 aromatic heterocycles. The summed E-state index contributed by atoms with van der Waals surface area (Å²) in [5.41, 5.74) is 0.701. The maximum Gasteiger partial charge on any atom is 0.330 e. The van der Waals surface area contributed by atoms with Crippen LogP contribution in [0.4, 0.5) is 0 Å². The molecule has 10 heteroatoms. The summed E-state index contributed by atoms with van der Waals surface area (Å²) in [6, 6.07) is 14.8. The third-order valence-electron chi connectivity index (χ3n) is 6.21. The van der Waals surface area contributed by atoms with Crippen LogP contribution >= 0.6 is 0 Å². The molecular formula is C22H23NO7S2. The van der Waals surface area contributed by atoms with Crippen molar-refractivity contribution in [3.63, 3.8) is 0 Å². The predicted octanol–water partition coefficient (Wildman–Crippen LogP) is 1.71. The molecule has 0 radical (unpaired) electrons. The average Bonchev–Trinajstić information content (AvgIpc) is 2.85. The van der Waals surface area contributed by atoms with Crippen molar-refractivity contribution in [1.29, 1.82) is 0 Å². The standard InChI is InChI=1S/C22H23NO7S2/c1-21(2)19(20(25)30-14-16-9-5-3-6-10-16)23-18(24)13-22(23,32(21,28)29)15-31(26,27)17-11-7-4-8-12-17/h3-12,19H,13-15H2,1-2H3/t19-,22?/m0/s1. The second kappa shape index (κ2) is 7.41. The van der Waals surface area contributed by atoms with Crippen LogP contribution in [0.5, 0.6) is 0 Å². The molecule has 2 aromatic carbocycles. The molecule has 2 aromatic rings. The number of β-lactam (4-membered cyclic amide) rings is 1. The molecule has 0 saturated carbocycles. The fourth-order valence-electron chi connectivity index (χ4n) is 4.50. The van der Waals surface area contributed by atoms with E-state index in [1.807, 2.05) is 0 Å². The van der Waals surface area contributed by atoms with E-state index in [4.69, 9.17) is 4.74 Å². The smallest absolute Gasteiger partial charge is 0.330 e. The lowest BCUT2D eigenvalue weighted by Gasteiger charge is -2.46. The molecule has 2 aliphatic rings. The predicted molar refractivity (Wildman–Crippen MR) is 116 cm³/mol. The molecule has 2 fully saturated rings. The first-order chi connectivity index (χ1) is 14.9. The zero-order chi connectivity index (χ0) is 23.4. The number of hydrogen-bond acceptors (Lipinski definition) is 7. The van der Waals surface area contributed by atoms with Crippen LogP contribution < -0.4 is 0 Å². The minimum Gasteiger partial charge on any atom is -0.459 e. The highest BCUT2D eigenvalue weighted by atomic mass is 32.2. The van der Waals surface area contributed by atoms with E-state index in [-0.39, 0.29) is 11.5 Å². The molecule has 1 unspecified atom stereocenters. The lowest BCUT2D eigenvalue weighted by molar-refractivity contribution is -0.166. The Morgan fingerprint density at radius 1 is 1.06 bits per heavy atom. The summed E-state index contributed by atoms with van der Waals surface area (Å²) in [6.07, 6.45) is -0.493. The molecule has 1 amide bonds. The zero-order valence-corrected chi connectivity index (χ0v) is 19.2. The monoisotopic (exact) mass is 477 g/mol. The van der Waals surface area contributed by atoms with Gasteiger partial charge in [-0.15, -0.1) is 0 Å². The molecule has 32 heavy (non-hydrogen) atoms. The Morgan fingerprint density at radius 3 is 2.19 bits per heavy atom. The zero-order valence-electron chi connectivity index (χ0n) is 17.6. The summed E-state index contributed by atoms with van der Waals surface area (Å²) in [5.74, 6) is -2.29. The molecule has 2 saturated heterocycles. The molecule has 170 valence electrons. The van der Waals surface area contributed by atoms with Gasteiger partial charge in [-0.1, -0.05) is 48.5 Å². The Bertz CT molecular complexity index is 1270. The van der Waals surface area contributed by atoms with Crippen LogP contribution in [0.2, 0.25) is 0 Å². The van der Waals surface area contributed by atoms with Crippen LogP contribution in [0.25, 0.3) is 0 Å². The van der Waals surface area contributed by atoms with Crippen LogP contribution in [0.15, 0.2) is 65.6 Å². The highest BCUT2D eigenvalue weighted by Gasteiger charge is 2.77. The van der Waals surface area contributed by atoms with Crippen molar-refractivity contribution >= 4 is 31.6 Å². The van der Waals surface area contributed by atoms with E-state index in [1.54, 1.807) is 36.4 Å². The number of carbonyl (C=O) groups is 2. The molecule has 0 aliphatic carbocycles. The largest absolute Gasteiger partial charge is 0.459 e. The van der Waals surface area contributed by atoms with E-state index in [0.29, 0.717) is 5.56 Å². The Morgan fingerprint density at radius 2 is 1.62 bits per heavy atom. The van der Waals surface area contributed by atoms with E-state index >= 15 is 0 Å². The van der Waals surface area contributed by atoms with Gasteiger partial charge in [0.2, 0.25) is 5.91 Å². The van der Waals surface area contributed by atoms with Crippen molar-refractivity contribution in [2.45, 2.75) is 47.4 Å². The summed E-state index contributed by atoms with van der Waals surface area (Å²) >= 11 is 0. The van der Waals surface area contributed by atoms with Crippen LogP contribution in [-0.4, -0.2) is 55.0 Å². The van der Waals surface area contributed by atoms with Gasteiger partial charge in [0.25, 0.3) is 0 Å². The molecule has 0 bridgehead atoms. The topological polar surface area (TPSA) is 115 Å². The summed E-state index contributed by atoms with van der Waals surface area (Å²) in [6.45, 7) is 2.57. The van der Waals surface area contributed by atoms with Crippen molar-refractivity contribution in [3.05, 3.63) is 66.2 Å². The van der Waals surface area contributed by atoms with Gasteiger partial charge in [0, 0.05) is 0 Å². The van der Waals surface area contributed by atoms with E-state index in [1.165, 1.54) is 38.1 Å². The first-order valence-corrected chi connectivity index (χ1v) is 13.1. The number of hydrogen-bond donors (Lipinski definition) is 0. The number of fused-ring (bicyclic) bond motifs is 1. The maximum absolute atomic E-state index is 13.6. The fourth-order valence-corrected chi connectivity index (χ4v) is 9.41. The SMILES string of the molecule is CC1(C)[C@H](C(=O)OCc2ccccc2)N2C(=O)CC2(CS(=O)(=O)c2ccccc2)S1(=O)=O. The number of ether oxygens (including phenoxy) is 1. The van der Waals surface area contributed by atoms with Gasteiger partial charge in [0.05, 0.1) is 17.1 Å². The molecule has 8 nitrogen and oxygen atoms in total. The number of amides is 1. The average molecular weight is 478 g/mol. The first-order valence-electron chi connectivity index (χ1n) is 9.99. The molecule has 4 rings (SSSR count). The second-order valence-electron chi connectivity index (χ2n) is 8.56. The molecule has 0 N–H and O–H groups in total. The van der Waals surface area contributed by atoms with Crippen molar-refractivity contribution in [2.24, 2.45) is 0 Å². The third kappa shape index (κ3) is 3.15. The van der Waals surface area contributed by atoms with Gasteiger partial charge in [-0.2, -0.15) is 0 Å². The van der Waals surface area contributed by atoms with Crippen LogP contribution in [0.3, 0.4) is 0 Å². The van der Waals surface area contributed by atoms with Crippen LogP contribution in [-0.2, 0) is 40.6 Å². The minimum absolute atomic E-state index is 0.0446. The second-order valence-corrected chi connectivity index (χ2v) is 13.4. The number of carbonyl (C=O) groups excluding carboxylic acids is 2. The van der Waals surface area contributed by atoms with E-state index in [2.05, 4.69) is 0 Å². The van der Waals surface area contributed by atoms with E-state index in [0.717, 1.165) is 4.90 Å². The normalized spacial score (nSPS) is 25.6. The molecule has 2 aliphatic heterocycles. The summed E-state index contributed by atoms with van der Waals surface area (Å²) in [5, 5.41) is 0. The highest BCUT2D eigenvalue weighted by molar-refractivity contribution is 7.97. The number of sulfone groups is 2. The van der Waals surface area contributed by atoms with Crippen molar-refractivity contribution in [1.82, 2.24) is 4.90 Å². The first kappa shape index (κ1) is 22.5. The van der Waals surface area contributed by atoms with Crippen molar-refractivity contribution in [2.75, 3.05) is 5.75 Å². The van der Waals surface area contributed by atoms with Gasteiger partial charge in [-0.3, -0.25) is 4.79 Å². The lowest BCUT2D eigenvalue weighted by Crippen LogP contribution is -2.68. The Kier molecular flexibility index (Phi) is 5.21. The summed E-state index contributed by atoms with van der Waals surface area (Å²) < 4.78 is 56.9. The van der Waals surface area contributed by atoms with Gasteiger partial charge < -0.3 is 9.64 Å². The Labute approximate surface area is 187 Å². The number of benzene rings is 2. The van der Waals surface area contributed by atoms with Gasteiger partial charge >= 0.3 is 5.97 Å². The molecule has 2 heterocycles. The van der Waals surface area contributed by atoms with Crippen LogP contribution in [0.1, 0.15) is 25.8 Å². The fraction of sp³-hybridized carbons (Fsp3) is 0.364. The maximum atomic E-state index is 13.6. The number of rotatable bonds is 6. The quantitative estimate of drug-likeness (QED) is 0.459. The van der Waals surface area contributed by atoms with Gasteiger partial charge in [-0.25, -0.2) is 21.6 Å². The Balaban J connectivity index is 1.69. The van der Waals surface area contributed by atoms with Crippen molar-refractivity contribution < 1.29 is 31.2 Å². The minimum atomic E-state index is -4.25. The molecule has 0 spiro atoms.